The number of carbonyl (C=O) groups is 1. The quantitative estimate of drug-likeness (QED) is 0.279. The number of nitrogens with zero attached hydrogens (tertiary/aromatic N) is 3. The van der Waals surface area contributed by atoms with Crippen LogP contribution in [-0.2, 0) is 16.6 Å². The Kier molecular flexibility index (Phi) is 5.96. The maximum atomic E-state index is 13.3. The Bertz CT molecular complexity index is 1470. The molecule has 2 aromatic carbocycles. The highest BCUT2D eigenvalue weighted by atomic mass is 16.6. The van der Waals surface area contributed by atoms with E-state index in [-0.39, 0.29) is 35.3 Å². The molecule has 2 aliphatic carbocycles. The third-order valence-electron chi connectivity index (χ3n) is 9.70. The van der Waals surface area contributed by atoms with Crippen LogP contribution in [0, 0.1) is 41.7 Å². The van der Waals surface area contributed by atoms with Gasteiger partial charge in [0.25, 0.3) is 11.6 Å². The molecular weight excluding hydrogens is 494 g/mol. The van der Waals surface area contributed by atoms with Crippen molar-refractivity contribution in [3.05, 3.63) is 74.9 Å². The van der Waals surface area contributed by atoms with Gasteiger partial charge in [0.05, 0.1) is 17.0 Å². The molecule has 8 nitrogen and oxygen atoms in total. The zero-order chi connectivity index (χ0) is 27.6. The highest BCUT2D eigenvalue weighted by Gasteiger charge is 2.67. The number of benzene rings is 2. The zero-order valence-corrected chi connectivity index (χ0v) is 22.6. The maximum Gasteiger partial charge on any atom is 0.298 e. The number of nitro groups is 1. The molecule has 2 heterocycles. The van der Waals surface area contributed by atoms with Crippen LogP contribution in [0.1, 0.15) is 47.1 Å². The Labute approximate surface area is 228 Å². The predicted octanol–water partition coefficient (Wildman–Crippen LogP) is 4.02. The van der Waals surface area contributed by atoms with Gasteiger partial charge in [-0.3, -0.25) is 19.8 Å². The minimum absolute atomic E-state index is 0.0513. The number of carbonyl (C=O) groups excluding carboxylic acids is 1. The maximum absolute atomic E-state index is 13.3. The highest BCUT2D eigenvalue weighted by Crippen LogP contribution is 2.65. The van der Waals surface area contributed by atoms with E-state index in [1.165, 1.54) is 11.6 Å². The number of phenolic OH excluding ortho intramolecular Hbond substituents is 1. The second-order valence-corrected chi connectivity index (χ2v) is 11.5. The molecule has 5 atom stereocenters. The smallest absolute Gasteiger partial charge is 0.298 e. The number of phenols is 1. The van der Waals surface area contributed by atoms with Crippen LogP contribution in [0.2, 0.25) is 0 Å². The number of piperidine rings is 1. The minimum atomic E-state index is -0.506. The Hall–Kier alpha value is -3.83. The van der Waals surface area contributed by atoms with Gasteiger partial charge in [-0.1, -0.05) is 18.1 Å². The fraction of sp³-hybridized carbons (Fsp3) is 0.452. The molecule has 0 radical (unpaired) electrons. The van der Waals surface area contributed by atoms with Crippen molar-refractivity contribution in [3.8, 4) is 23.3 Å². The SMILES string of the molecule is C=CCN1CC[C@]23c4c5c([N+](=O)[O-])cc(O)c4O[C@H]2[C@H](N(C)C(=O)C#Cc2ccc(C)c(C)c2)CC[C@H]3[C@H]1C5. The van der Waals surface area contributed by atoms with Crippen LogP contribution in [0.25, 0.3) is 0 Å². The van der Waals surface area contributed by atoms with Gasteiger partial charge in [-0.15, -0.1) is 6.58 Å². The van der Waals surface area contributed by atoms with Gasteiger partial charge in [-0.25, -0.2) is 0 Å². The standard InChI is InChI=1S/C31H33N3O5/c1-5-13-33-14-12-31-22-9-10-23(32(4)27(36)11-8-20-7-6-18(2)19(3)15-20)30(31)39-29-26(35)17-24(34(37)38)21(28(29)31)16-25(22)33/h5-7,15,17,22-23,25,30,35H,1,9-10,12-14,16H2,2-4H3/t22-,23+,25+,30-,31-/m0/s1. The van der Waals surface area contributed by atoms with Gasteiger partial charge in [-0.2, -0.15) is 0 Å². The number of amides is 1. The second-order valence-electron chi connectivity index (χ2n) is 11.5. The number of ether oxygens (including phenoxy) is 1. The largest absolute Gasteiger partial charge is 0.504 e. The van der Waals surface area contributed by atoms with Gasteiger partial charge >= 0.3 is 0 Å². The van der Waals surface area contributed by atoms with Gasteiger partial charge in [-0.05, 0) is 75.3 Å². The Morgan fingerprint density at radius 2 is 2.13 bits per heavy atom. The predicted molar refractivity (Wildman–Crippen MR) is 147 cm³/mol. The molecule has 1 N–H and O–H groups in total. The van der Waals surface area contributed by atoms with E-state index >= 15 is 0 Å². The van der Waals surface area contributed by atoms with Crippen molar-refractivity contribution in [2.45, 2.75) is 63.1 Å². The summed E-state index contributed by atoms with van der Waals surface area (Å²) >= 11 is 0. The van der Waals surface area contributed by atoms with Crippen molar-refractivity contribution in [2.75, 3.05) is 20.1 Å². The van der Waals surface area contributed by atoms with Crippen LogP contribution in [0.5, 0.6) is 11.5 Å². The van der Waals surface area contributed by atoms with E-state index in [1.54, 1.807) is 11.9 Å². The van der Waals surface area contributed by atoms with Crippen LogP contribution < -0.4 is 4.74 Å². The van der Waals surface area contributed by atoms with Crippen molar-refractivity contribution in [3.63, 3.8) is 0 Å². The van der Waals surface area contributed by atoms with Gasteiger partial charge in [0.1, 0.15) is 6.10 Å². The molecule has 1 saturated heterocycles. The van der Waals surface area contributed by atoms with Crippen molar-refractivity contribution >= 4 is 11.6 Å². The fourth-order valence-corrected chi connectivity index (χ4v) is 7.80. The van der Waals surface area contributed by atoms with E-state index < -0.39 is 16.4 Å². The molecule has 39 heavy (non-hydrogen) atoms. The Balaban J connectivity index is 1.40. The number of likely N-dealkylation sites (N-methyl/N-ethyl adjacent to an activating group) is 1. The van der Waals surface area contributed by atoms with Crippen LogP contribution in [0.4, 0.5) is 5.69 Å². The third-order valence-corrected chi connectivity index (χ3v) is 9.70. The first-order valence-corrected chi connectivity index (χ1v) is 13.6. The van der Waals surface area contributed by atoms with Crippen molar-refractivity contribution in [1.29, 1.82) is 0 Å². The van der Waals surface area contributed by atoms with Crippen molar-refractivity contribution < 1.29 is 19.6 Å². The van der Waals surface area contributed by atoms with Gasteiger partial charge in [0.15, 0.2) is 11.5 Å². The zero-order valence-electron chi connectivity index (χ0n) is 22.6. The van der Waals surface area contributed by atoms with Crippen LogP contribution >= 0.6 is 0 Å². The molecule has 0 aromatic heterocycles. The number of nitro benzene ring substituents is 1. The van der Waals surface area contributed by atoms with Crippen molar-refractivity contribution in [1.82, 2.24) is 9.80 Å². The second kappa shape index (κ2) is 9.13. The summed E-state index contributed by atoms with van der Waals surface area (Å²) in [5, 5.41) is 23.0. The topological polar surface area (TPSA) is 96.2 Å². The van der Waals surface area contributed by atoms with E-state index in [0.29, 0.717) is 24.3 Å². The molecule has 1 amide bonds. The molecule has 4 aliphatic rings. The van der Waals surface area contributed by atoms with Crippen LogP contribution in [0.3, 0.4) is 0 Å². The third kappa shape index (κ3) is 3.67. The fourth-order valence-electron chi connectivity index (χ4n) is 7.80. The normalized spacial score (nSPS) is 28.0. The first-order valence-electron chi connectivity index (χ1n) is 13.6. The molecule has 1 spiro atoms. The summed E-state index contributed by atoms with van der Waals surface area (Å²) in [4.78, 5) is 29.1. The summed E-state index contributed by atoms with van der Waals surface area (Å²) in [5.74, 6) is 5.90. The summed E-state index contributed by atoms with van der Waals surface area (Å²) < 4.78 is 6.56. The van der Waals surface area contributed by atoms with Crippen LogP contribution in [-0.4, -0.2) is 64.1 Å². The number of aromatic hydroxyl groups is 1. The summed E-state index contributed by atoms with van der Waals surface area (Å²) in [6.45, 7) is 9.50. The van der Waals surface area contributed by atoms with E-state index in [2.05, 4.69) is 23.3 Å². The van der Waals surface area contributed by atoms with Crippen LogP contribution in [0.15, 0.2) is 36.9 Å². The highest BCUT2D eigenvalue weighted by molar-refractivity contribution is 5.94. The lowest BCUT2D eigenvalue weighted by Gasteiger charge is -2.60. The van der Waals surface area contributed by atoms with Gasteiger partial charge < -0.3 is 14.7 Å². The van der Waals surface area contributed by atoms with E-state index in [0.717, 1.165) is 42.5 Å². The number of likely N-dealkylation sites (tertiary alicyclic amines) is 1. The van der Waals surface area contributed by atoms with E-state index in [9.17, 15) is 20.0 Å². The summed E-state index contributed by atoms with van der Waals surface area (Å²) in [7, 11) is 1.77. The lowest BCUT2D eigenvalue weighted by molar-refractivity contribution is -0.385. The Morgan fingerprint density at radius 3 is 2.85 bits per heavy atom. The van der Waals surface area contributed by atoms with Gasteiger partial charge in [0.2, 0.25) is 0 Å². The van der Waals surface area contributed by atoms with Gasteiger partial charge in [0, 0.05) is 47.7 Å². The lowest BCUT2D eigenvalue weighted by atomic mass is 9.50. The first kappa shape index (κ1) is 25.4. The molecule has 2 bridgehead atoms. The number of hydrogen-bond acceptors (Lipinski definition) is 6. The lowest BCUT2D eigenvalue weighted by Crippen LogP contribution is -2.68. The molecule has 2 aliphatic heterocycles. The minimum Gasteiger partial charge on any atom is -0.504 e. The number of aryl methyl sites for hydroxylation is 2. The Morgan fingerprint density at radius 1 is 1.33 bits per heavy atom. The molecule has 2 fully saturated rings. The van der Waals surface area contributed by atoms with E-state index in [4.69, 9.17) is 4.74 Å². The first-order chi connectivity index (χ1) is 18.7. The monoisotopic (exact) mass is 527 g/mol. The molecule has 1 saturated carbocycles. The summed E-state index contributed by atoms with van der Waals surface area (Å²) in [6, 6.07) is 6.96. The van der Waals surface area contributed by atoms with Crippen molar-refractivity contribution in [2.24, 2.45) is 5.92 Å². The number of hydrogen-bond donors (Lipinski definition) is 1. The molecule has 2 aromatic rings. The van der Waals surface area contributed by atoms with E-state index in [1.807, 2.05) is 38.1 Å². The summed E-state index contributed by atoms with van der Waals surface area (Å²) in [5.41, 5.74) is 3.98. The number of rotatable bonds is 4. The molecule has 8 heteroatoms. The molecule has 0 unspecified atom stereocenters. The molecule has 6 rings (SSSR count). The molecular formula is C31H33N3O5. The average Bonchev–Trinajstić information content (AvgIpc) is 3.26. The summed E-state index contributed by atoms with van der Waals surface area (Å²) in [6.07, 6.45) is 4.34. The molecule has 202 valence electrons. The average molecular weight is 528 g/mol.